The van der Waals surface area contributed by atoms with Crippen LogP contribution in [0, 0.1) is 6.92 Å². The zero-order valence-electron chi connectivity index (χ0n) is 11.0. The van der Waals surface area contributed by atoms with Crippen LogP contribution in [-0.2, 0) is 22.6 Å². The summed E-state index contributed by atoms with van der Waals surface area (Å²) in [4.78, 5) is 2.40. The number of methoxy groups -OCH3 is 1. The van der Waals surface area contributed by atoms with Crippen LogP contribution in [0.5, 0.6) is 0 Å². The zero-order chi connectivity index (χ0) is 13.0. The van der Waals surface area contributed by atoms with Gasteiger partial charge in [-0.15, -0.1) is 0 Å². The number of nitrogens with zero attached hydrogens (tertiary/aromatic N) is 3. The molecule has 1 aromatic rings. The number of hydrogen-bond donors (Lipinski definition) is 0. The summed E-state index contributed by atoms with van der Waals surface area (Å²) in [5, 5.41) is 4.55. The molecule has 5 nitrogen and oxygen atoms in total. The van der Waals surface area contributed by atoms with E-state index in [1.165, 1.54) is 5.69 Å². The molecule has 0 spiro atoms. The molecule has 2 heterocycles. The second-order valence-corrected chi connectivity index (χ2v) is 5.24. The first-order valence-electron chi connectivity index (χ1n) is 6.23. The summed E-state index contributed by atoms with van der Waals surface area (Å²) < 4.78 is 13.7. The Balaban J connectivity index is 2.08. The fraction of sp³-hybridized carbons (Fsp3) is 0.750. The van der Waals surface area contributed by atoms with E-state index in [4.69, 9.17) is 9.47 Å². The minimum atomic E-state index is 0.684. The Bertz CT molecular complexity index is 389. The molecular weight excluding hydrogens is 298 g/mol. The molecule has 18 heavy (non-hydrogen) atoms. The van der Waals surface area contributed by atoms with Crippen molar-refractivity contribution >= 4 is 15.9 Å². The summed E-state index contributed by atoms with van der Waals surface area (Å²) in [6, 6.07) is 0. The normalized spacial score (nSPS) is 17.3. The molecule has 0 radical (unpaired) electrons. The van der Waals surface area contributed by atoms with Crippen LogP contribution in [0.4, 0.5) is 0 Å². The lowest BCUT2D eigenvalue weighted by atomic mass is 10.3. The van der Waals surface area contributed by atoms with E-state index in [-0.39, 0.29) is 0 Å². The van der Waals surface area contributed by atoms with E-state index in [1.807, 2.05) is 11.6 Å². The summed E-state index contributed by atoms with van der Waals surface area (Å²) in [7, 11) is 1.72. The van der Waals surface area contributed by atoms with Crippen LogP contribution in [0.2, 0.25) is 0 Å². The Kier molecular flexibility index (Phi) is 5.17. The Morgan fingerprint density at radius 1 is 1.39 bits per heavy atom. The van der Waals surface area contributed by atoms with Crippen molar-refractivity contribution in [3.05, 3.63) is 15.9 Å². The van der Waals surface area contributed by atoms with Crippen molar-refractivity contribution in [2.75, 3.05) is 40.0 Å². The summed E-state index contributed by atoms with van der Waals surface area (Å²) in [5.41, 5.74) is 2.26. The van der Waals surface area contributed by atoms with Gasteiger partial charge in [0.05, 0.1) is 42.2 Å². The molecule has 0 unspecified atom stereocenters. The molecule has 1 aliphatic rings. The molecule has 0 bridgehead atoms. The maximum Gasteiger partial charge on any atom is 0.0739 e. The third-order valence-corrected chi connectivity index (χ3v) is 4.17. The molecular formula is C12H20BrN3O2. The number of halogens is 1. The first-order valence-corrected chi connectivity index (χ1v) is 7.02. The van der Waals surface area contributed by atoms with Crippen LogP contribution in [-0.4, -0.2) is 54.7 Å². The van der Waals surface area contributed by atoms with Gasteiger partial charge in [0.15, 0.2) is 0 Å². The third kappa shape index (κ3) is 3.32. The molecule has 6 heteroatoms. The van der Waals surface area contributed by atoms with Gasteiger partial charge in [-0.05, 0) is 22.9 Å². The molecule has 102 valence electrons. The maximum atomic E-state index is 5.37. The molecule has 1 aliphatic heterocycles. The monoisotopic (exact) mass is 317 g/mol. The predicted molar refractivity (Wildman–Crippen MR) is 72.6 cm³/mol. The van der Waals surface area contributed by atoms with E-state index in [1.54, 1.807) is 7.11 Å². The molecule has 0 N–H and O–H groups in total. The SMILES string of the molecule is COCCn1nc(C)c(Br)c1CN1CCOCC1. The van der Waals surface area contributed by atoms with E-state index >= 15 is 0 Å². The molecule has 0 saturated carbocycles. The molecule has 0 aliphatic carbocycles. The number of ether oxygens (including phenoxy) is 2. The lowest BCUT2D eigenvalue weighted by molar-refractivity contribution is 0.0327. The van der Waals surface area contributed by atoms with Crippen molar-refractivity contribution < 1.29 is 9.47 Å². The topological polar surface area (TPSA) is 39.5 Å². The minimum absolute atomic E-state index is 0.684. The standard InChI is InChI=1S/C12H20BrN3O2/c1-10-12(13)11(16(14-10)5-6-17-2)9-15-3-7-18-8-4-15/h3-9H2,1-2H3. The van der Waals surface area contributed by atoms with Gasteiger partial charge in [0, 0.05) is 26.7 Å². The van der Waals surface area contributed by atoms with Crippen molar-refractivity contribution in [1.82, 2.24) is 14.7 Å². The Labute approximate surface area is 116 Å². The lowest BCUT2D eigenvalue weighted by Gasteiger charge is -2.26. The number of hydrogen-bond acceptors (Lipinski definition) is 4. The Morgan fingerprint density at radius 3 is 2.78 bits per heavy atom. The van der Waals surface area contributed by atoms with E-state index < -0.39 is 0 Å². The highest BCUT2D eigenvalue weighted by atomic mass is 79.9. The van der Waals surface area contributed by atoms with Crippen LogP contribution in [0.15, 0.2) is 4.47 Å². The van der Waals surface area contributed by atoms with Crippen LogP contribution >= 0.6 is 15.9 Å². The second kappa shape index (κ2) is 6.65. The summed E-state index contributed by atoms with van der Waals surface area (Å²) in [5.74, 6) is 0. The van der Waals surface area contributed by atoms with Crippen molar-refractivity contribution in [2.24, 2.45) is 0 Å². The smallest absolute Gasteiger partial charge is 0.0739 e. The van der Waals surface area contributed by atoms with Gasteiger partial charge in [0.1, 0.15) is 0 Å². The largest absolute Gasteiger partial charge is 0.383 e. The fourth-order valence-corrected chi connectivity index (χ4v) is 2.50. The van der Waals surface area contributed by atoms with Crippen LogP contribution in [0.1, 0.15) is 11.4 Å². The lowest BCUT2D eigenvalue weighted by Crippen LogP contribution is -2.36. The van der Waals surface area contributed by atoms with Gasteiger partial charge in [-0.3, -0.25) is 9.58 Å². The maximum absolute atomic E-state index is 5.37. The molecule has 0 atom stereocenters. The van der Waals surface area contributed by atoms with Crippen LogP contribution in [0.25, 0.3) is 0 Å². The van der Waals surface area contributed by atoms with Gasteiger partial charge in [-0.25, -0.2) is 0 Å². The highest BCUT2D eigenvalue weighted by molar-refractivity contribution is 9.10. The van der Waals surface area contributed by atoms with E-state index in [2.05, 4.69) is 25.9 Å². The van der Waals surface area contributed by atoms with Crippen molar-refractivity contribution in [3.63, 3.8) is 0 Å². The van der Waals surface area contributed by atoms with Gasteiger partial charge < -0.3 is 9.47 Å². The molecule has 1 aromatic heterocycles. The Hall–Kier alpha value is -0.430. The van der Waals surface area contributed by atoms with Crippen molar-refractivity contribution in [3.8, 4) is 0 Å². The Morgan fingerprint density at radius 2 is 2.11 bits per heavy atom. The third-order valence-electron chi connectivity index (χ3n) is 3.14. The molecule has 2 rings (SSSR count). The number of aryl methyl sites for hydroxylation is 1. The van der Waals surface area contributed by atoms with Gasteiger partial charge in [-0.2, -0.15) is 5.10 Å². The summed E-state index contributed by atoms with van der Waals surface area (Å²) in [6.07, 6.45) is 0. The van der Waals surface area contributed by atoms with E-state index in [0.29, 0.717) is 6.61 Å². The van der Waals surface area contributed by atoms with Crippen LogP contribution < -0.4 is 0 Å². The average Bonchev–Trinajstić information content (AvgIpc) is 2.65. The van der Waals surface area contributed by atoms with E-state index in [9.17, 15) is 0 Å². The van der Waals surface area contributed by atoms with Gasteiger partial charge in [-0.1, -0.05) is 0 Å². The van der Waals surface area contributed by atoms with E-state index in [0.717, 1.165) is 49.6 Å². The average molecular weight is 318 g/mol. The van der Waals surface area contributed by atoms with Crippen molar-refractivity contribution in [1.29, 1.82) is 0 Å². The summed E-state index contributed by atoms with van der Waals surface area (Å²) in [6.45, 7) is 8.03. The fourth-order valence-electron chi connectivity index (χ4n) is 2.09. The minimum Gasteiger partial charge on any atom is -0.383 e. The predicted octanol–water partition coefficient (Wildman–Crippen LogP) is 1.43. The molecule has 0 aromatic carbocycles. The van der Waals surface area contributed by atoms with Gasteiger partial charge in [0.25, 0.3) is 0 Å². The first-order chi connectivity index (χ1) is 8.72. The molecule has 1 saturated heterocycles. The highest BCUT2D eigenvalue weighted by Gasteiger charge is 2.18. The van der Waals surface area contributed by atoms with Gasteiger partial charge >= 0.3 is 0 Å². The number of aromatic nitrogens is 2. The summed E-state index contributed by atoms with van der Waals surface area (Å²) >= 11 is 3.64. The number of rotatable bonds is 5. The number of morpholine rings is 1. The molecule has 0 amide bonds. The van der Waals surface area contributed by atoms with Crippen molar-refractivity contribution in [2.45, 2.75) is 20.0 Å². The second-order valence-electron chi connectivity index (χ2n) is 4.45. The highest BCUT2D eigenvalue weighted by Crippen LogP contribution is 2.22. The van der Waals surface area contributed by atoms with Gasteiger partial charge in [0.2, 0.25) is 0 Å². The quantitative estimate of drug-likeness (QED) is 0.823. The molecule has 1 fully saturated rings. The first kappa shape index (κ1) is 14.0. The zero-order valence-corrected chi connectivity index (χ0v) is 12.6. The van der Waals surface area contributed by atoms with Crippen LogP contribution in [0.3, 0.4) is 0 Å².